The van der Waals surface area contributed by atoms with Crippen LogP contribution in [0.5, 0.6) is 5.75 Å². The molecule has 5 nitrogen and oxygen atoms in total. The van der Waals surface area contributed by atoms with Crippen LogP contribution in [0.3, 0.4) is 0 Å². The van der Waals surface area contributed by atoms with Gasteiger partial charge in [-0.2, -0.15) is 4.37 Å². The third kappa shape index (κ3) is 1.84. The van der Waals surface area contributed by atoms with Crippen molar-refractivity contribution in [2.45, 2.75) is 6.67 Å². The summed E-state index contributed by atoms with van der Waals surface area (Å²) in [5.41, 5.74) is 0.742. The first-order valence-electron chi connectivity index (χ1n) is 6.45. The van der Waals surface area contributed by atoms with E-state index in [0.717, 1.165) is 21.1 Å². The number of benzene rings is 1. The Morgan fingerprint density at radius 2 is 2.05 bits per heavy atom. The molecule has 0 aliphatic heterocycles. The lowest BCUT2D eigenvalue weighted by atomic mass is 10.2. The number of para-hydroxylation sites is 1. The molecule has 3 heterocycles. The number of aromatic hydroxyl groups is 1. The SMILES string of the molecule is O=c1ccn(Cn2c3ccccc3c3cnsc32)cc1O. The van der Waals surface area contributed by atoms with Gasteiger partial charge in [-0.25, -0.2) is 0 Å². The van der Waals surface area contributed by atoms with E-state index >= 15 is 0 Å². The summed E-state index contributed by atoms with van der Waals surface area (Å²) in [5, 5.41) is 11.8. The van der Waals surface area contributed by atoms with E-state index in [4.69, 9.17) is 0 Å². The maximum Gasteiger partial charge on any atom is 0.223 e. The quantitative estimate of drug-likeness (QED) is 0.618. The first-order valence-corrected chi connectivity index (χ1v) is 7.22. The van der Waals surface area contributed by atoms with E-state index < -0.39 is 0 Å². The average Bonchev–Trinajstić information content (AvgIpc) is 3.06. The molecular weight excluding hydrogens is 286 g/mol. The van der Waals surface area contributed by atoms with Crippen LogP contribution in [0, 0.1) is 0 Å². The largest absolute Gasteiger partial charge is 0.503 e. The maximum atomic E-state index is 11.3. The van der Waals surface area contributed by atoms with Gasteiger partial charge in [0, 0.05) is 23.0 Å². The van der Waals surface area contributed by atoms with Crippen LogP contribution in [0.2, 0.25) is 0 Å². The number of rotatable bonds is 2. The lowest BCUT2D eigenvalue weighted by Gasteiger charge is -2.10. The molecule has 21 heavy (non-hydrogen) atoms. The molecule has 0 spiro atoms. The van der Waals surface area contributed by atoms with E-state index in [2.05, 4.69) is 21.1 Å². The molecule has 3 aromatic heterocycles. The Morgan fingerprint density at radius 3 is 2.90 bits per heavy atom. The Hall–Kier alpha value is -2.60. The number of aromatic nitrogens is 3. The highest BCUT2D eigenvalue weighted by Crippen LogP contribution is 2.31. The number of hydrogen-bond acceptors (Lipinski definition) is 4. The van der Waals surface area contributed by atoms with Crippen LogP contribution in [0.4, 0.5) is 0 Å². The fourth-order valence-electron chi connectivity index (χ4n) is 2.56. The minimum Gasteiger partial charge on any atom is -0.503 e. The third-order valence-corrected chi connectivity index (χ3v) is 4.37. The Balaban J connectivity index is 1.93. The van der Waals surface area contributed by atoms with Crippen molar-refractivity contribution < 1.29 is 5.11 Å². The molecule has 4 aromatic rings. The first kappa shape index (κ1) is 12.2. The summed E-state index contributed by atoms with van der Waals surface area (Å²) in [5.74, 6) is -0.241. The van der Waals surface area contributed by atoms with Gasteiger partial charge in [-0.15, -0.1) is 0 Å². The molecule has 0 amide bonds. The van der Waals surface area contributed by atoms with E-state index in [-0.39, 0.29) is 11.2 Å². The van der Waals surface area contributed by atoms with Gasteiger partial charge in [0.15, 0.2) is 5.75 Å². The molecule has 1 aromatic carbocycles. The van der Waals surface area contributed by atoms with Crippen molar-refractivity contribution in [2.24, 2.45) is 0 Å². The van der Waals surface area contributed by atoms with E-state index in [1.54, 1.807) is 10.8 Å². The van der Waals surface area contributed by atoms with Gasteiger partial charge < -0.3 is 14.2 Å². The van der Waals surface area contributed by atoms with Crippen molar-refractivity contribution in [3.8, 4) is 5.75 Å². The van der Waals surface area contributed by atoms with Crippen LogP contribution >= 0.6 is 11.5 Å². The van der Waals surface area contributed by atoms with Gasteiger partial charge in [-0.1, -0.05) is 18.2 Å². The number of hydrogen-bond donors (Lipinski definition) is 1. The van der Waals surface area contributed by atoms with Crippen LogP contribution in [-0.2, 0) is 6.67 Å². The molecule has 0 unspecified atom stereocenters. The van der Waals surface area contributed by atoms with Crippen molar-refractivity contribution in [2.75, 3.05) is 0 Å². The summed E-state index contributed by atoms with van der Waals surface area (Å²) >= 11 is 1.44. The normalized spacial score (nSPS) is 11.4. The van der Waals surface area contributed by atoms with E-state index in [1.807, 2.05) is 18.3 Å². The molecule has 1 N–H and O–H groups in total. The molecule has 6 heteroatoms. The molecule has 0 saturated heterocycles. The standard InChI is InChI=1S/C15H11N3O2S/c19-13-5-6-17(8-14(13)20)9-18-12-4-2-1-3-10(12)11-7-16-21-15(11)18/h1-8,20H,9H2. The van der Waals surface area contributed by atoms with Gasteiger partial charge in [0.1, 0.15) is 4.83 Å². The highest BCUT2D eigenvalue weighted by atomic mass is 32.1. The van der Waals surface area contributed by atoms with Crippen molar-refractivity contribution in [3.63, 3.8) is 0 Å². The van der Waals surface area contributed by atoms with Crippen LogP contribution < -0.4 is 5.43 Å². The smallest absolute Gasteiger partial charge is 0.223 e. The minimum absolute atomic E-state index is 0.241. The van der Waals surface area contributed by atoms with Crippen molar-refractivity contribution in [1.29, 1.82) is 0 Å². The monoisotopic (exact) mass is 297 g/mol. The summed E-state index contributed by atoms with van der Waals surface area (Å²) in [6, 6.07) is 9.51. The van der Waals surface area contributed by atoms with Crippen LogP contribution in [-0.4, -0.2) is 18.6 Å². The second-order valence-electron chi connectivity index (χ2n) is 4.84. The summed E-state index contributed by atoms with van der Waals surface area (Å²) in [7, 11) is 0. The minimum atomic E-state index is -0.369. The zero-order chi connectivity index (χ0) is 14.4. The number of fused-ring (bicyclic) bond motifs is 3. The molecule has 0 radical (unpaired) electrons. The predicted molar refractivity (Wildman–Crippen MR) is 82.9 cm³/mol. The Labute approximate surface area is 123 Å². The zero-order valence-electron chi connectivity index (χ0n) is 10.9. The van der Waals surface area contributed by atoms with Crippen molar-refractivity contribution >= 4 is 32.7 Å². The van der Waals surface area contributed by atoms with Crippen molar-refractivity contribution in [3.05, 3.63) is 59.1 Å². The lowest BCUT2D eigenvalue weighted by Crippen LogP contribution is -2.10. The third-order valence-electron chi connectivity index (χ3n) is 3.54. The van der Waals surface area contributed by atoms with Crippen LogP contribution in [0.15, 0.2) is 53.7 Å². The van der Waals surface area contributed by atoms with Gasteiger partial charge in [0.05, 0.1) is 24.6 Å². The Kier molecular flexibility index (Phi) is 2.58. The Bertz CT molecular complexity index is 1010. The van der Waals surface area contributed by atoms with Gasteiger partial charge in [0.2, 0.25) is 5.43 Å². The Morgan fingerprint density at radius 1 is 1.19 bits per heavy atom. The van der Waals surface area contributed by atoms with Crippen molar-refractivity contribution in [1.82, 2.24) is 13.5 Å². The van der Waals surface area contributed by atoms with Gasteiger partial charge in [0.25, 0.3) is 0 Å². The fraction of sp³-hybridized carbons (Fsp3) is 0.0667. The highest BCUT2D eigenvalue weighted by molar-refractivity contribution is 7.13. The second-order valence-corrected chi connectivity index (χ2v) is 5.62. The summed E-state index contributed by atoms with van der Waals surface area (Å²) < 4.78 is 8.17. The maximum absolute atomic E-state index is 11.3. The van der Waals surface area contributed by atoms with E-state index in [1.165, 1.54) is 23.8 Å². The first-order chi connectivity index (χ1) is 10.2. The highest BCUT2D eigenvalue weighted by Gasteiger charge is 2.12. The molecule has 4 rings (SSSR count). The van der Waals surface area contributed by atoms with E-state index in [0.29, 0.717) is 6.67 Å². The van der Waals surface area contributed by atoms with Crippen LogP contribution in [0.25, 0.3) is 21.1 Å². The van der Waals surface area contributed by atoms with E-state index in [9.17, 15) is 9.90 Å². The van der Waals surface area contributed by atoms with Gasteiger partial charge >= 0.3 is 0 Å². The average molecular weight is 297 g/mol. The van der Waals surface area contributed by atoms with Gasteiger partial charge in [-0.3, -0.25) is 4.79 Å². The summed E-state index contributed by atoms with van der Waals surface area (Å²) in [6.07, 6.45) is 5.00. The molecule has 0 atom stereocenters. The second kappa shape index (κ2) is 4.46. The molecule has 0 fully saturated rings. The number of pyridine rings is 1. The molecule has 104 valence electrons. The molecule has 0 saturated carbocycles. The molecule has 0 bridgehead atoms. The van der Waals surface area contributed by atoms with Crippen LogP contribution in [0.1, 0.15) is 0 Å². The molecule has 0 aliphatic carbocycles. The summed E-state index contributed by atoms with van der Waals surface area (Å²) in [4.78, 5) is 12.4. The predicted octanol–water partition coefficient (Wildman–Crippen LogP) is 2.62. The lowest BCUT2D eigenvalue weighted by molar-refractivity contribution is 0.458. The number of nitrogens with zero attached hydrogens (tertiary/aromatic N) is 3. The zero-order valence-corrected chi connectivity index (χ0v) is 11.7. The van der Waals surface area contributed by atoms with Gasteiger partial charge in [-0.05, 0) is 17.6 Å². The molecular formula is C15H11N3O2S. The molecule has 0 aliphatic rings. The topological polar surface area (TPSA) is 60.0 Å². The fourth-order valence-corrected chi connectivity index (χ4v) is 3.34. The summed E-state index contributed by atoms with van der Waals surface area (Å²) in [6.45, 7) is 0.514.